The largest absolute Gasteiger partial charge is 0.480 e. The van der Waals surface area contributed by atoms with E-state index in [0.29, 0.717) is 38.5 Å². The Morgan fingerprint density at radius 2 is 2.16 bits per heavy atom. The van der Waals surface area contributed by atoms with Gasteiger partial charge in [-0.1, -0.05) is 12.1 Å². The van der Waals surface area contributed by atoms with Crippen LogP contribution in [-0.2, 0) is 27.1 Å². The molecule has 0 radical (unpaired) electrons. The molecule has 200 valence electrons. The predicted octanol–water partition coefficient (Wildman–Crippen LogP) is 4.92. The van der Waals surface area contributed by atoms with Crippen LogP contribution in [0.3, 0.4) is 0 Å². The summed E-state index contributed by atoms with van der Waals surface area (Å²) in [5.74, 6) is -0.0728. The summed E-state index contributed by atoms with van der Waals surface area (Å²) in [4.78, 5) is 19.1. The third-order valence-corrected chi connectivity index (χ3v) is 7.81. The minimum atomic E-state index is -0.948. The zero-order chi connectivity index (χ0) is 25.6. The first-order chi connectivity index (χ1) is 18.1. The minimum absolute atomic E-state index is 0.173. The molecular formula is C29H38FN3O4. The van der Waals surface area contributed by atoms with Crippen LogP contribution in [0.5, 0.6) is 0 Å². The Morgan fingerprint density at radius 3 is 3.00 bits per heavy atom. The molecule has 0 saturated carbocycles. The zero-order valence-electron chi connectivity index (χ0n) is 21.5. The number of nitrogens with zero attached hydrogens (tertiary/aromatic N) is 2. The Labute approximate surface area is 218 Å². The number of benzene rings is 1. The summed E-state index contributed by atoms with van der Waals surface area (Å²) >= 11 is 0. The maximum Gasteiger partial charge on any atom is 0.325 e. The molecule has 4 heterocycles. The van der Waals surface area contributed by atoms with E-state index >= 15 is 0 Å². The standard InChI is InChI=1S/C29H38FN3O4/c30-22-9-11-24(26-7-1-2-16-37-26)25(17-22)27(29(34)35)33-14-12-20(18-33)19-36-15-4-6-23-10-8-21-5-3-13-31-28(21)32-23/h8-11,17,20,26-27H,1-7,12-16,18-19H2,(H,31,32)(H,34,35)/t20-,26?,27+/m1/s1. The van der Waals surface area contributed by atoms with Crippen molar-refractivity contribution in [3.8, 4) is 0 Å². The van der Waals surface area contributed by atoms with Crippen LogP contribution in [-0.4, -0.2) is 60.4 Å². The van der Waals surface area contributed by atoms with Crippen LogP contribution < -0.4 is 5.32 Å². The van der Waals surface area contributed by atoms with E-state index in [0.717, 1.165) is 75.0 Å². The summed E-state index contributed by atoms with van der Waals surface area (Å²) in [7, 11) is 0. The van der Waals surface area contributed by atoms with Crippen molar-refractivity contribution in [3.05, 3.63) is 58.5 Å². The van der Waals surface area contributed by atoms with Gasteiger partial charge in [-0.05, 0) is 98.7 Å². The number of halogens is 1. The third-order valence-electron chi connectivity index (χ3n) is 7.81. The number of fused-ring (bicyclic) bond motifs is 1. The Morgan fingerprint density at radius 1 is 1.24 bits per heavy atom. The molecular weight excluding hydrogens is 473 g/mol. The average Bonchev–Trinajstić information content (AvgIpc) is 3.37. The molecule has 1 aromatic heterocycles. The van der Waals surface area contributed by atoms with Crippen LogP contribution in [0.15, 0.2) is 30.3 Å². The van der Waals surface area contributed by atoms with Crippen LogP contribution in [0.1, 0.15) is 73.1 Å². The second-order valence-corrected chi connectivity index (χ2v) is 10.5. The van der Waals surface area contributed by atoms with Gasteiger partial charge in [0.25, 0.3) is 0 Å². The van der Waals surface area contributed by atoms with Crippen molar-refractivity contribution < 1.29 is 23.8 Å². The van der Waals surface area contributed by atoms with E-state index in [1.807, 2.05) is 4.90 Å². The maximum absolute atomic E-state index is 14.3. The molecule has 0 spiro atoms. The van der Waals surface area contributed by atoms with Gasteiger partial charge in [-0.3, -0.25) is 9.69 Å². The molecule has 7 nitrogen and oxygen atoms in total. The molecule has 8 heteroatoms. The Hall–Kier alpha value is -2.55. The highest BCUT2D eigenvalue weighted by molar-refractivity contribution is 5.76. The summed E-state index contributed by atoms with van der Waals surface area (Å²) in [5.41, 5.74) is 3.71. The van der Waals surface area contributed by atoms with E-state index in [4.69, 9.17) is 14.5 Å². The van der Waals surface area contributed by atoms with Crippen LogP contribution >= 0.6 is 0 Å². The topological polar surface area (TPSA) is 83.9 Å². The number of likely N-dealkylation sites (tertiary alicyclic amines) is 1. The number of ether oxygens (including phenoxy) is 2. The summed E-state index contributed by atoms with van der Waals surface area (Å²) in [5, 5.41) is 13.6. The first-order valence-corrected chi connectivity index (χ1v) is 13.8. The number of nitrogens with one attached hydrogen (secondary N) is 1. The Kier molecular flexibility index (Phi) is 8.69. The van der Waals surface area contributed by atoms with Crippen LogP contribution in [0.2, 0.25) is 0 Å². The molecule has 0 amide bonds. The van der Waals surface area contributed by atoms with Crippen molar-refractivity contribution in [2.75, 3.05) is 44.8 Å². The number of aromatic nitrogens is 1. The smallest absolute Gasteiger partial charge is 0.325 e. The highest BCUT2D eigenvalue weighted by Gasteiger charge is 2.36. The molecule has 37 heavy (non-hydrogen) atoms. The highest BCUT2D eigenvalue weighted by atomic mass is 19.1. The van der Waals surface area contributed by atoms with Crippen molar-refractivity contribution in [2.45, 2.75) is 63.5 Å². The van der Waals surface area contributed by atoms with Crippen molar-refractivity contribution >= 4 is 11.8 Å². The molecule has 1 unspecified atom stereocenters. The maximum atomic E-state index is 14.3. The van der Waals surface area contributed by atoms with Gasteiger partial charge in [0.2, 0.25) is 0 Å². The second kappa shape index (κ2) is 12.3. The van der Waals surface area contributed by atoms with E-state index in [1.165, 1.54) is 17.7 Å². The van der Waals surface area contributed by atoms with Crippen LogP contribution in [0.4, 0.5) is 10.2 Å². The van der Waals surface area contributed by atoms with Gasteiger partial charge in [-0.25, -0.2) is 9.37 Å². The fourth-order valence-corrected chi connectivity index (χ4v) is 5.89. The number of anilines is 1. The zero-order valence-corrected chi connectivity index (χ0v) is 21.5. The lowest BCUT2D eigenvalue weighted by Gasteiger charge is -2.30. The van der Waals surface area contributed by atoms with Gasteiger partial charge in [0.1, 0.15) is 17.7 Å². The first-order valence-electron chi connectivity index (χ1n) is 13.8. The van der Waals surface area contributed by atoms with Crippen LogP contribution in [0.25, 0.3) is 0 Å². The Bertz CT molecular complexity index is 1080. The Balaban J connectivity index is 1.13. The second-order valence-electron chi connectivity index (χ2n) is 10.5. The molecule has 3 aliphatic rings. The van der Waals surface area contributed by atoms with Gasteiger partial charge >= 0.3 is 5.97 Å². The summed E-state index contributed by atoms with van der Waals surface area (Å²) in [6.07, 6.45) is 7.58. The lowest BCUT2D eigenvalue weighted by Crippen LogP contribution is -2.34. The number of carbonyl (C=O) groups is 1. The van der Waals surface area contributed by atoms with Crippen molar-refractivity contribution in [1.82, 2.24) is 9.88 Å². The third kappa shape index (κ3) is 6.48. The highest BCUT2D eigenvalue weighted by Crippen LogP contribution is 2.37. The molecule has 2 saturated heterocycles. The quantitative estimate of drug-likeness (QED) is 0.438. The normalized spacial score (nSPS) is 22.8. The molecule has 3 atom stereocenters. The fraction of sp³-hybridized carbons (Fsp3) is 0.586. The van der Waals surface area contributed by atoms with Gasteiger partial charge < -0.3 is 19.9 Å². The number of carboxylic acids is 1. The van der Waals surface area contributed by atoms with Crippen molar-refractivity contribution in [1.29, 1.82) is 0 Å². The van der Waals surface area contributed by atoms with Gasteiger partial charge in [0.15, 0.2) is 0 Å². The molecule has 0 aliphatic carbocycles. The summed E-state index contributed by atoms with van der Waals surface area (Å²) < 4.78 is 26.2. The molecule has 0 bridgehead atoms. The number of hydrogen-bond acceptors (Lipinski definition) is 6. The molecule has 2 N–H and O–H groups in total. The fourth-order valence-electron chi connectivity index (χ4n) is 5.89. The number of aryl methyl sites for hydroxylation is 2. The average molecular weight is 512 g/mol. The molecule has 3 aliphatic heterocycles. The minimum Gasteiger partial charge on any atom is -0.480 e. The number of hydrogen-bond donors (Lipinski definition) is 2. The van der Waals surface area contributed by atoms with Crippen molar-refractivity contribution in [3.63, 3.8) is 0 Å². The van der Waals surface area contributed by atoms with E-state index < -0.39 is 17.8 Å². The number of carboxylic acid groups (broad SMARTS) is 1. The monoisotopic (exact) mass is 511 g/mol. The predicted molar refractivity (Wildman–Crippen MR) is 139 cm³/mol. The van der Waals surface area contributed by atoms with Gasteiger partial charge in [0.05, 0.1) is 12.7 Å². The van der Waals surface area contributed by atoms with Gasteiger partial charge in [-0.15, -0.1) is 0 Å². The number of aliphatic carboxylic acids is 1. The lowest BCUT2D eigenvalue weighted by atomic mass is 9.92. The van der Waals surface area contributed by atoms with E-state index in [-0.39, 0.29) is 12.0 Å². The summed E-state index contributed by atoms with van der Waals surface area (Å²) in [6.45, 7) is 4.17. The van der Waals surface area contributed by atoms with Gasteiger partial charge in [-0.2, -0.15) is 0 Å². The molecule has 2 fully saturated rings. The number of rotatable bonds is 10. The molecule has 1 aromatic carbocycles. The first kappa shape index (κ1) is 26.1. The van der Waals surface area contributed by atoms with Crippen LogP contribution in [0, 0.1) is 11.7 Å². The van der Waals surface area contributed by atoms with Crippen molar-refractivity contribution in [2.24, 2.45) is 5.92 Å². The SMILES string of the molecule is O=C(O)[C@H](c1cc(F)ccc1C1CCCCO1)N1CC[C@@H](COCCCc2ccc3c(n2)NCCC3)C1. The van der Waals surface area contributed by atoms with E-state index in [2.05, 4.69) is 17.4 Å². The number of pyridine rings is 1. The molecule has 5 rings (SSSR count). The lowest BCUT2D eigenvalue weighted by molar-refractivity contribution is -0.143. The summed E-state index contributed by atoms with van der Waals surface area (Å²) in [6, 6.07) is 7.92. The van der Waals surface area contributed by atoms with Gasteiger partial charge in [0, 0.05) is 32.0 Å². The van der Waals surface area contributed by atoms with E-state index in [1.54, 1.807) is 6.07 Å². The van der Waals surface area contributed by atoms with E-state index in [9.17, 15) is 14.3 Å². The molecule has 2 aromatic rings.